The molecule has 324 valence electrons. The molecule has 15 unspecified atom stereocenters. The Morgan fingerprint density at radius 2 is 1.04 bits per heavy atom. The van der Waals surface area contributed by atoms with Crippen LogP contribution in [0.4, 0.5) is 0 Å². The number of nitrogens with one attached hydrogen (secondary N) is 1. The Hall–Kier alpha value is -1.17. The van der Waals surface area contributed by atoms with Gasteiger partial charge in [-0.2, -0.15) is 0 Å². The molecule has 0 aliphatic carbocycles. The number of hydrogen-bond donors (Lipinski definition) is 15. The van der Waals surface area contributed by atoms with Crippen LogP contribution in [0.2, 0.25) is 0 Å². The van der Waals surface area contributed by atoms with Gasteiger partial charge in [0.15, 0.2) is 18.9 Å². The minimum atomic E-state index is -1.95. The summed E-state index contributed by atoms with van der Waals surface area (Å²) in [5.74, 6) is 0.0910. The smallest absolute Gasteiger partial charge is 0.186 e. The first kappa shape index (κ1) is 48.2. The van der Waals surface area contributed by atoms with Crippen molar-refractivity contribution in [3.05, 3.63) is 0 Å². The van der Waals surface area contributed by atoms with Gasteiger partial charge in [-0.05, 0) is 18.4 Å². The highest BCUT2D eigenvalue weighted by Gasteiger charge is 2.49. The summed E-state index contributed by atoms with van der Waals surface area (Å²) >= 11 is 0. The van der Waals surface area contributed by atoms with Crippen molar-refractivity contribution in [1.29, 1.82) is 0 Å². The van der Waals surface area contributed by atoms with Crippen molar-refractivity contribution in [3.8, 4) is 0 Å². The summed E-state index contributed by atoms with van der Waals surface area (Å²) in [5.41, 5.74) is -0.134. The second-order valence-corrected chi connectivity index (χ2v) is 15.4. The number of rotatable bonds is 20. The predicted octanol–water partition coefficient (Wildman–Crippen LogP) is -7.73. The van der Waals surface area contributed by atoms with E-state index in [4.69, 9.17) is 28.4 Å². The second-order valence-electron chi connectivity index (χ2n) is 15.4. The molecule has 0 radical (unpaired) electrons. The summed E-state index contributed by atoms with van der Waals surface area (Å²) in [5, 5.41) is 147. The SMILES string of the molecule is CC(C)(C)CC(=O)CCCNC[C@H](O)[C@@H](O)[C@H](O)[C@H](O)COC1OC(COC2OC(COC3OC(CO)C(O)C(O)C3O)C(O)C(O)C2O)C(O)C(O)C1O. The van der Waals surface area contributed by atoms with E-state index in [1.54, 1.807) is 0 Å². The van der Waals surface area contributed by atoms with Gasteiger partial charge in [0.05, 0.1) is 32.5 Å². The molecule has 3 rings (SSSR count). The zero-order valence-electron chi connectivity index (χ0n) is 31.0. The van der Waals surface area contributed by atoms with Crippen LogP contribution in [0.5, 0.6) is 0 Å². The summed E-state index contributed by atoms with van der Waals surface area (Å²) in [7, 11) is 0. The molecule has 3 saturated heterocycles. The molecule has 3 aliphatic heterocycles. The van der Waals surface area contributed by atoms with Gasteiger partial charge < -0.3 is 105 Å². The third kappa shape index (κ3) is 13.4. The molecule has 3 fully saturated rings. The summed E-state index contributed by atoms with van der Waals surface area (Å²) in [4.78, 5) is 12.0. The second kappa shape index (κ2) is 21.7. The monoisotopic (exact) mass is 807 g/mol. The van der Waals surface area contributed by atoms with Gasteiger partial charge in [0, 0.05) is 19.4 Å². The largest absolute Gasteiger partial charge is 0.394 e. The molecule has 19 atom stereocenters. The molecular formula is C33H61NO21. The summed E-state index contributed by atoms with van der Waals surface area (Å²) in [6.45, 7) is 3.12. The maximum atomic E-state index is 12.0. The minimum absolute atomic E-state index is 0.0910. The Kier molecular flexibility index (Phi) is 19.0. The molecule has 22 nitrogen and oxygen atoms in total. The van der Waals surface area contributed by atoms with Crippen LogP contribution in [0.25, 0.3) is 0 Å². The molecule has 0 aromatic heterocycles. The van der Waals surface area contributed by atoms with Crippen molar-refractivity contribution in [1.82, 2.24) is 5.32 Å². The number of hydrogen-bond acceptors (Lipinski definition) is 22. The van der Waals surface area contributed by atoms with Gasteiger partial charge in [0.25, 0.3) is 0 Å². The minimum Gasteiger partial charge on any atom is -0.394 e. The quantitative estimate of drug-likeness (QED) is 0.0508. The van der Waals surface area contributed by atoms with Crippen molar-refractivity contribution < 1.29 is 105 Å². The van der Waals surface area contributed by atoms with Gasteiger partial charge in [0.1, 0.15) is 97.3 Å². The van der Waals surface area contributed by atoms with Crippen LogP contribution in [0.3, 0.4) is 0 Å². The molecule has 22 heteroatoms. The summed E-state index contributed by atoms with van der Waals surface area (Å²) in [6, 6.07) is 0. The number of carbonyl (C=O) groups excluding carboxylic acids is 1. The van der Waals surface area contributed by atoms with Crippen LogP contribution >= 0.6 is 0 Å². The average Bonchev–Trinajstić information content (AvgIpc) is 3.13. The number of ether oxygens (including phenoxy) is 6. The number of aliphatic hydroxyl groups excluding tert-OH is 14. The van der Waals surface area contributed by atoms with Gasteiger partial charge in [-0.3, -0.25) is 4.79 Å². The fourth-order valence-electron chi connectivity index (χ4n) is 6.18. The van der Waals surface area contributed by atoms with E-state index in [-0.39, 0.29) is 17.7 Å². The topological polar surface area (TPSA) is 368 Å². The van der Waals surface area contributed by atoms with Gasteiger partial charge in [0.2, 0.25) is 0 Å². The highest BCUT2D eigenvalue weighted by atomic mass is 16.7. The molecule has 0 aromatic rings. The van der Waals surface area contributed by atoms with Gasteiger partial charge in [-0.15, -0.1) is 0 Å². The van der Waals surface area contributed by atoms with E-state index in [1.165, 1.54) is 0 Å². The number of Topliss-reactive ketones (excluding diaryl/α,β-unsaturated/α-hetero) is 1. The van der Waals surface area contributed by atoms with Crippen molar-refractivity contribution in [3.63, 3.8) is 0 Å². The summed E-state index contributed by atoms with van der Waals surface area (Å²) < 4.78 is 32.4. The lowest BCUT2D eigenvalue weighted by Gasteiger charge is -2.44. The van der Waals surface area contributed by atoms with Crippen LogP contribution in [0.1, 0.15) is 40.0 Å². The molecular weight excluding hydrogens is 746 g/mol. The van der Waals surface area contributed by atoms with E-state index in [9.17, 15) is 76.3 Å². The Morgan fingerprint density at radius 1 is 0.618 bits per heavy atom. The summed E-state index contributed by atoms with van der Waals surface area (Å²) in [6.07, 6.45) is -31.8. The van der Waals surface area contributed by atoms with Crippen molar-refractivity contribution in [2.24, 2.45) is 5.41 Å². The van der Waals surface area contributed by atoms with Gasteiger partial charge in [-0.1, -0.05) is 20.8 Å². The third-order valence-corrected chi connectivity index (χ3v) is 9.49. The zero-order valence-corrected chi connectivity index (χ0v) is 31.0. The molecule has 0 bridgehead atoms. The van der Waals surface area contributed by atoms with Crippen LogP contribution in [0.15, 0.2) is 0 Å². The maximum absolute atomic E-state index is 12.0. The van der Waals surface area contributed by atoms with Crippen molar-refractivity contribution >= 4 is 5.78 Å². The first-order valence-electron chi connectivity index (χ1n) is 18.2. The van der Waals surface area contributed by atoms with E-state index < -0.39 is 143 Å². The molecule has 3 heterocycles. The number of carbonyl (C=O) groups is 1. The van der Waals surface area contributed by atoms with Crippen molar-refractivity contribution in [2.45, 2.75) is 157 Å². The molecule has 0 amide bonds. The Labute approximate surface area is 317 Å². The van der Waals surface area contributed by atoms with Crippen LogP contribution in [-0.2, 0) is 33.2 Å². The lowest BCUT2D eigenvalue weighted by molar-refractivity contribution is -0.343. The van der Waals surface area contributed by atoms with E-state index in [0.717, 1.165) is 0 Å². The first-order valence-corrected chi connectivity index (χ1v) is 18.2. The predicted molar refractivity (Wildman–Crippen MR) is 180 cm³/mol. The number of ketones is 1. The highest BCUT2D eigenvalue weighted by molar-refractivity contribution is 5.78. The van der Waals surface area contributed by atoms with Crippen LogP contribution in [-0.4, -0.2) is 233 Å². The van der Waals surface area contributed by atoms with Gasteiger partial charge >= 0.3 is 0 Å². The molecule has 15 N–H and O–H groups in total. The fraction of sp³-hybridized carbons (Fsp3) is 0.970. The van der Waals surface area contributed by atoms with Crippen LogP contribution < -0.4 is 5.32 Å². The fourth-order valence-corrected chi connectivity index (χ4v) is 6.18. The molecule has 3 aliphatic rings. The van der Waals surface area contributed by atoms with E-state index in [1.807, 2.05) is 20.8 Å². The van der Waals surface area contributed by atoms with Crippen molar-refractivity contribution in [2.75, 3.05) is 39.5 Å². The van der Waals surface area contributed by atoms with E-state index in [0.29, 0.717) is 25.8 Å². The third-order valence-electron chi connectivity index (χ3n) is 9.49. The highest BCUT2D eigenvalue weighted by Crippen LogP contribution is 2.28. The molecule has 55 heavy (non-hydrogen) atoms. The lowest BCUT2D eigenvalue weighted by Crippen LogP contribution is -2.62. The molecule has 0 spiro atoms. The Morgan fingerprint density at radius 3 is 1.49 bits per heavy atom. The van der Waals surface area contributed by atoms with E-state index in [2.05, 4.69) is 5.32 Å². The van der Waals surface area contributed by atoms with Crippen LogP contribution in [0, 0.1) is 5.41 Å². The standard InChI is InChI=1S/C33H61NO21/c1-33(2,3)7-13(36)5-4-6-34-8-14(37)19(39)20(40)15(38)10-50-30-28(48)25(45)22(42)17(54-30)12-52-32-29(49)26(46)23(43)18(55-32)11-51-31-27(47)24(44)21(41)16(9-35)53-31/h14-32,34-35,37-49H,4-12H2,1-3H3/t14-,15+,16?,17?,18?,19+,20+,21?,22?,23?,24?,25?,26?,27?,28?,29?,30?,31?,32?/m0/s1. The number of aliphatic hydroxyl groups is 14. The molecule has 0 aromatic carbocycles. The first-order chi connectivity index (χ1) is 25.7. The average molecular weight is 808 g/mol. The Bertz CT molecular complexity index is 1130. The molecule has 0 saturated carbocycles. The zero-order chi connectivity index (χ0) is 41.4. The lowest BCUT2D eigenvalue weighted by atomic mass is 9.89. The maximum Gasteiger partial charge on any atom is 0.186 e. The Balaban J connectivity index is 1.48. The van der Waals surface area contributed by atoms with Gasteiger partial charge in [-0.25, -0.2) is 0 Å². The normalized spacial score (nSPS) is 39.7. The van der Waals surface area contributed by atoms with E-state index >= 15 is 0 Å².